The zero-order chi connectivity index (χ0) is 16.0. The van der Waals surface area contributed by atoms with Crippen molar-refractivity contribution in [3.63, 3.8) is 0 Å². The van der Waals surface area contributed by atoms with Crippen LogP contribution in [0.2, 0.25) is 16.6 Å². The number of benzene rings is 1. The van der Waals surface area contributed by atoms with Gasteiger partial charge >= 0.3 is 0 Å². The quantitative estimate of drug-likeness (QED) is 0.352. The second kappa shape index (κ2) is 7.47. The van der Waals surface area contributed by atoms with Crippen molar-refractivity contribution in [3.05, 3.63) is 53.5 Å². The maximum atomic E-state index is 7.20. The van der Waals surface area contributed by atoms with Crippen molar-refractivity contribution in [2.75, 3.05) is 0 Å². The zero-order valence-electron chi connectivity index (χ0n) is 14.1. The Labute approximate surface area is 130 Å². The minimum absolute atomic E-state index is 0.496. The van der Waals surface area contributed by atoms with E-state index in [4.69, 9.17) is 11.0 Å². The van der Waals surface area contributed by atoms with E-state index in [0.717, 1.165) is 11.3 Å². The fraction of sp³-hybridized carbons (Fsp3) is 0.500. The molecule has 0 aromatic heterocycles. The molecule has 114 valence electrons. The first-order valence-electron chi connectivity index (χ1n) is 7.67. The fourth-order valence-electron chi connectivity index (χ4n) is 3.36. The molecule has 1 aromatic carbocycles. The lowest BCUT2D eigenvalue weighted by molar-refractivity contribution is 0.444. The van der Waals surface area contributed by atoms with Crippen molar-refractivity contribution >= 4 is 14.1 Å². The SMILES string of the molecule is [C-]#[N+]/C=C(/O[Si](C(C)C)(C(C)C)C(C)C)c1ccccc1. The molecule has 0 aliphatic heterocycles. The molecule has 0 atom stereocenters. The highest BCUT2D eigenvalue weighted by Crippen LogP contribution is 2.44. The highest BCUT2D eigenvalue weighted by molar-refractivity contribution is 6.78. The number of rotatable bonds is 6. The first-order chi connectivity index (χ1) is 9.86. The van der Waals surface area contributed by atoms with Crippen LogP contribution in [0.4, 0.5) is 0 Å². The van der Waals surface area contributed by atoms with Crippen molar-refractivity contribution in [3.8, 4) is 0 Å². The molecule has 21 heavy (non-hydrogen) atoms. The third-order valence-electron chi connectivity index (χ3n) is 4.23. The summed E-state index contributed by atoms with van der Waals surface area (Å²) < 4.78 is 6.64. The molecule has 0 N–H and O–H groups in total. The van der Waals surface area contributed by atoms with Crippen LogP contribution in [0.5, 0.6) is 0 Å². The highest BCUT2D eigenvalue weighted by atomic mass is 28.4. The minimum Gasteiger partial charge on any atom is -0.550 e. The Bertz CT molecular complexity index is 490. The van der Waals surface area contributed by atoms with Gasteiger partial charge in [-0.25, -0.2) is 4.85 Å². The Morgan fingerprint density at radius 2 is 1.48 bits per heavy atom. The van der Waals surface area contributed by atoms with Gasteiger partial charge in [0.05, 0.1) is 6.57 Å². The van der Waals surface area contributed by atoms with E-state index in [1.165, 1.54) is 6.20 Å². The first kappa shape index (κ1) is 17.5. The van der Waals surface area contributed by atoms with Crippen molar-refractivity contribution in [2.24, 2.45) is 0 Å². The van der Waals surface area contributed by atoms with Crippen LogP contribution in [-0.4, -0.2) is 8.32 Å². The highest BCUT2D eigenvalue weighted by Gasteiger charge is 2.47. The van der Waals surface area contributed by atoms with Gasteiger partial charge in [-0.2, -0.15) is 0 Å². The van der Waals surface area contributed by atoms with Gasteiger partial charge in [-0.1, -0.05) is 71.9 Å². The first-order valence-corrected chi connectivity index (χ1v) is 9.81. The summed E-state index contributed by atoms with van der Waals surface area (Å²) in [6.45, 7) is 20.7. The lowest BCUT2D eigenvalue weighted by atomic mass is 10.2. The molecule has 0 amide bonds. The molecular formula is C18H27NOSi. The van der Waals surface area contributed by atoms with Gasteiger partial charge in [-0.3, -0.25) is 0 Å². The predicted molar refractivity (Wildman–Crippen MR) is 93.2 cm³/mol. The molecule has 0 heterocycles. The standard InChI is InChI=1S/C18H27NOSi/c1-14(2)21(15(3)4,16(5)6)20-18(13-19-7)17-11-9-8-10-12-17/h8-16H,1-6H3/b18-13+. The maximum absolute atomic E-state index is 7.20. The van der Waals surface area contributed by atoms with Crippen molar-refractivity contribution < 1.29 is 4.43 Å². The number of hydrogen-bond acceptors (Lipinski definition) is 1. The van der Waals surface area contributed by atoms with Gasteiger partial charge in [-0.15, -0.1) is 0 Å². The monoisotopic (exact) mass is 301 g/mol. The fourth-order valence-corrected chi connectivity index (χ4v) is 8.62. The van der Waals surface area contributed by atoms with E-state index in [1.807, 2.05) is 30.3 Å². The summed E-state index contributed by atoms with van der Waals surface area (Å²) in [4.78, 5) is 3.46. The molecule has 0 aliphatic carbocycles. The van der Waals surface area contributed by atoms with Crippen LogP contribution in [0.3, 0.4) is 0 Å². The van der Waals surface area contributed by atoms with Gasteiger partial charge < -0.3 is 4.43 Å². The van der Waals surface area contributed by atoms with Crippen LogP contribution in [0.15, 0.2) is 36.5 Å². The molecule has 0 saturated carbocycles. The summed E-state index contributed by atoms with van der Waals surface area (Å²) in [5.74, 6) is 0.730. The second-order valence-corrected chi connectivity index (χ2v) is 11.8. The van der Waals surface area contributed by atoms with Crippen LogP contribution in [0, 0.1) is 6.57 Å². The Kier molecular flexibility index (Phi) is 6.23. The van der Waals surface area contributed by atoms with E-state index in [1.54, 1.807) is 0 Å². The summed E-state index contributed by atoms with van der Waals surface area (Å²) in [6.07, 6.45) is 1.53. The molecule has 0 saturated heterocycles. The van der Waals surface area contributed by atoms with E-state index in [0.29, 0.717) is 16.6 Å². The molecule has 0 fully saturated rings. The van der Waals surface area contributed by atoms with Crippen molar-refractivity contribution in [1.29, 1.82) is 0 Å². The van der Waals surface area contributed by atoms with Crippen molar-refractivity contribution in [1.82, 2.24) is 0 Å². The molecule has 0 unspecified atom stereocenters. The van der Waals surface area contributed by atoms with Crippen LogP contribution in [-0.2, 0) is 4.43 Å². The van der Waals surface area contributed by atoms with Gasteiger partial charge in [0, 0.05) is 5.56 Å². The van der Waals surface area contributed by atoms with Crippen LogP contribution < -0.4 is 0 Å². The van der Waals surface area contributed by atoms with Crippen molar-refractivity contribution in [2.45, 2.75) is 58.2 Å². The van der Waals surface area contributed by atoms with Crippen LogP contribution >= 0.6 is 0 Å². The average molecular weight is 302 g/mol. The average Bonchev–Trinajstić information content (AvgIpc) is 2.43. The minimum atomic E-state index is -2.02. The lowest BCUT2D eigenvalue weighted by Gasteiger charge is -2.43. The Morgan fingerprint density at radius 1 is 1.00 bits per heavy atom. The van der Waals surface area contributed by atoms with Gasteiger partial charge in [0.2, 0.25) is 0 Å². The van der Waals surface area contributed by atoms with Crippen LogP contribution in [0.25, 0.3) is 10.6 Å². The largest absolute Gasteiger partial charge is 0.550 e. The Morgan fingerprint density at radius 3 is 1.86 bits per heavy atom. The molecular weight excluding hydrogens is 274 g/mol. The van der Waals surface area contributed by atoms with E-state index >= 15 is 0 Å². The summed E-state index contributed by atoms with van der Waals surface area (Å²) in [6, 6.07) is 9.98. The van der Waals surface area contributed by atoms with E-state index < -0.39 is 8.32 Å². The summed E-state index contributed by atoms with van der Waals surface area (Å²) in [5, 5.41) is 0. The molecule has 1 rings (SSSR count). The lowest BCUT2D eigenvalue weighted by Crippen LogP contribution is -2.47. The van der Waals surface area contributed by atoms with E-state index in [2.05, 4.69) is 46.4 Å². The molecule has 3 heteroatoms. The van der Waals surface area contributed by atoms with Gasteiger partial charge in [0.25, 0.3) is 8.32 Å². The van der Waals surface area contributed by atoms with Gasteiger partial charge in [0.15, 0.2) is 6.20 Å². The second-order valence-electron chi connectivity index (χ2n) is 6.41. The predicted octanol–water partition coefficient (Wildman–Crippen LogP) is 6.10. The van der Waals surface area contributed by atoms with Gasteiger partial charge in [-0.05, 0) is 16.6 Å². The molecule has 0 aliphatic rings. The third kappa shape index (κ3) is 3.77. The normalized spacial score (nSPS) is 12.9. The topological polar surface area (TPSA) is 13.6 Å². The molecule has 2 nitrogen and oxygen atoms in total. The molecule has 0 spiro atoms. The van der Waals surface area contributed by atoms with E-state index in [-0.39, 0.29) is 0 Å². The zero-order valence-corrected chi connectivity index (χ0v) is 15.1. The Balaban J connectivity index is 3.28. The molecule has 1 aromatic rings. The van der Waals surface area contributed by atoms with Gasteiger partial charge in [0.1, 0.15) is 5.76 Å². The summed E-state index contributed by atoms with van der Waals surface area (Å²) in [7, 11) is -2.02. The maximum Gasteiger partial charge on any atom is 0.257 e. The Hall–Kier alpha value is -1.53. The summed E-state index contributed by atoms with van der Waals surface area (Å²) >= 11 is 0. The number of nitrogens with zero attached hydrogens (tertiary/aromatic N) is 1. The smallest absolute Gasteiger partial charge is 0.257 e. The summed E-state index contributed by atoms with van der Waals surface area (Å²) in [5.41, 5.74) is 2.48. The van der Waals surface area contributed by atoms with E-state index in [9.17, 15) is 0 Å². The number of hydrogen-bond donors (Lipinski definition) is 0. The molecule has 0 bridgehead atoms. The third-order valence-corrected chi connectivity index (χ3v) is 10.2. The molecule has 0 radical (unpaired) electrons. The van der Waals surface area contributed by atoms with Crippen LogP contribution in [0.1, 0.15) is 47.1 Å².